The lowest BCUT2D eigenvalue weighted by atomic mass is 10.1. The summed E-state index contributed by atoms with van der Waals surface area (Å²) < 4.78 is 0. The first-order chi connectivity index (χ1) is 14.5. The highest BCUT2D eigenvalue weighted by Crippen LogP contribution is 2.20. The molecular formula is C25H27N3OS. The quantitative estimate of drug-likeness (QED) is 0.407. The van der Waals surface area contributed by atoms with E-state index < -0.39 is 0 Å². The molecule has 154 valence electrons. The van der Waals surface area contributed by atoms with Crippen LogP contribution in [0.15, 0.2) is 83.9 Å². The van der Waals surface area contributed by atoms with Crippen molar-refractivity contribution in [3.05, 3.63) is 95.6 Å². The minimum absolute atomic E-state index is 0.0409. The van der Waals surface area contributed by atoms with Crippen molar-refractivity contribution < 1.29 is 4.79 Å². The molecule has 0 aliphatic rings. The summed E-state index contributed by atoms with van der Waals surface area (Å²) in [7, 11) is 2.00. The van der Waals surface area contributed by atoms with Crippen LogP contribution < -0.4 is 5.32 Å². The molecule has 0 bridgehead atoms. The van der Waals surface area contributed by atoms with Crippen molar-refractivity contribution in [3.63, 3.8) is 0 Å². The number of para-hydroxylation sites is 1. The van der Waals surface area contributed by atoms with E-state index in [2.05, 4.69) is 28.4 Å². The Kier molecular flexibility index (Phi) is 7.69. The number of nitrogens with zero attached hydrogens (tertiary/aromatic N) is 2. The zero-order valence-electron chi connectivity index (χ0n) is 17.6. The van der Waals surface area contributed by atoms with E-state index in [-0.39, 0.29) is 11.7 Å². The second kappa shape index (κ2) is 10.6. The molecule has 0 spiro atoms. The molecule has 0 atom stereocenters. The van der Waals surface area contributed by atoms with Crippen molar-refractivity contribution >= 4 is 34.2 Å². The van der Waals surface area contributed by atoms with Crippen LogP contribution in [0.4, 0.5) is 11.4 Å². The summed E-state index contributed by atoms with van der Waals surface area (Å²) in [5.41, 5.74) is 5.16. The summed E-state index contributed by atoms with van der Waals surface area (Å²) in [5.74, 6) is 0.249. The highest BCUT2D eigenvalue weighted by molar-refractivity contribution is 8.14. The molecule has 0 heterocycles. The number of benzene rings is 3. The van der Waals surface area contributed by atoms with Crippen LogP contribution in [-0.4, -0.2) is 28.8 Å². The van der Waals surface area contributed by atoms with E-state index in [9.17, 15) is 4.79 Å². The Morgan fingerprint density at radius 3 is 2.30 bits per heavy atom. The van der Waals surface area contributed by atoms with Gasteiger partial charge in [-0.3, -0.25) is 4.79 Å². The van der Waals surface area contributed by atoms with Crippen LogP contribution >= 0.6 is 11.8 Å². The highest BCUT2D eigenvalue weighted by Gasteiger charge is 2.13. The molecule has 0 aliphatic carbocycles. The van der Waals surface area contributed by atoms with E-state index in [4.69, 9.17) is 4.99 Å². The van der Waals surface area contributed by atoms with Gasteiger partial charge in [0.25, 0.3) is 0 Å². The minimum atomic E-state index is -0.0409. The highest BCUT2D eigenvalue weighted by atomic mass is 32.2. The third kappa shape index (κ3) is 6.49. The summed E-state index contributed by atoms with van der Waals surface area (Å²) in [4.78, 5) is 19.5. The molecule has 0 aliphatic heterocycles. The molecule has 3 aromatic rings. The van der Waals surface area contributed by atoms with Crippen LogP contribution in [-0.2, 0) is 11.3 Å². The van der Waals surface area contributed by atoms with E-state index in [1.54, 1.807) is 0 Å². The number of hydrogen-bond acceptors (Lipinski definition) is 3. The Bertz CT molecular complexity index is 1000. The van der Waals surface area contributed by atoms with E-state index >= 15 is 0 Å². The summed E-state index contributed by atoms with van der Waals surface area (Å²) in [6.45, 7) is 4.77. The van der Waals surface area contributed by atoms with Crippen LogP contribution in [0.25, 0.3) is 0 Å². The number of hydrogen-bond donors (Lipinski definition) is 1. The fraction of sp³-hybridized carbons (Fsp3) is 0.200. The maximum absolute atomic E-state index is 12.6. The number of amidine groups is 1. The van der Waals surface area contributed by atoms with Gasteiger partial charge in [-0.15, -0.1) is 0 Å². The number of aryl methyl sites for hydroxylation is 2. The molecule has 30 heavy (non-hydrogen) atoms. The molecule has 3 aromatic carbocycles. The van der Waals surface area contributed by atoms with Gasteiger partial charge in [0.05, 0.1) is 11.4 Å². The van der Waals surface area contributed by atoms with Crippen molar-refractivity contribution in [2.24, 2.45) is 4.99 Å². The average Bonchev–Trinajstić information content (AvgIpc) is 2.74. The Balaban J connectivity index is 1.70. The number of nitrogens with one attached hydrogen (secondary N) is 1. The molecule has 0 aromatic heterocycles. The first-order valence-corrected chi connectivity index (χ1v) is 10.9. The number of anilines is 1. The average molecular weight is 418 g/mol. The Morgan fingerprint density at radius 2 is 1.63 bits per heavy atom. The van der Waals surface area contributed by atoms with Crippen LogP contribution in [0.3, 0.4) is 0 Å². The first-order valence-electron chi connectivity index (χ1n) is 9.90. The van der Waals surface area contributed by atoms with Crippen molar-refractivity contribution in [2.45, 2.75) is 20.4 Å². The van der Waals surface area contributed by atoms with E-state index in [1.165, 1.54) is 22.9 Å². The lowest BCUT2D eigenvalue weighted by Gasteiger charge is -2.21. The molecule has 0 saturated carbocycles. The molecule has 0 saturated heterocycles. The molecule has 4 nitrogen and oxygen atoms in total. The van der Waals surface area contributed by atoms with Crippen molar-refractivity contribution in [2.75, 3.05) is 18.1 Å². The van der Waals surface area contributed by atoms with Gasteiger partial charge in [0.15, 0.2) is 5.17 Å². The summed E-state index contributed by atoms with van der Waals surface area (Å²) in [6.07, 6.45) is 0. The summed E-state index contributed by atoms with van der Waals surface area (Å²) in [6, 6.07) is 26.1. The number of amides is 1. The van der Waals surface area contributed by atoms with Crippen LogP contribution in [0, 0.1) is 13.8 Å². The van der Waals surface area contributed by atoms with Gasteiger partial charge in [-0.2, -0.15) is 0 Å². The third-order valence-corrected chi connectivity index (χ3v) is 5.63. The first kappa shape index (κ1) is 21.7. The lowest BCUT2D eigenvalue weighted by molar-refractivity contribution is -0.113. The van der Waals surface area contributed by atoms with Crippen LogP contribution in [0.1, 0.15) is 16.7 Å². The summed E-state index contributed by atoms with van der Waals surface area (Å²) >= 11 is 1.44. The number of carbonyl (C=O) groups excluding carboxylic acids is 1. The number of aliphatic imine (C=N–C) groups is 1. The van der Waals surface area contributed by atoms with Gasteiger partial charge in [0, 0.05) is 19.3 Å². The smallest absolute Gasteiger partial charge is 0.234 e. The van der Waals surface area contributed by atoms with Gasteiger partial charge in [-0.05, 0) is 43.2 Å². The van der Waals surface area contributed by atoms with Crippen molar-refractivity contribution in [1.29, 1.82) is 0 Å². The van der Waals surface area contributed by atoms with Crippen LogP contribution in [0.5, 0.6) is 0 Å². The van der Waals surface area contributed by atoms with Gasteiger partial charge < -0.3 is 10.2 Å². The molecule has 3 rings (SSSR count). The molecule has 1 N–H and O–H groups in total. The monoisotopic (exact) mass is 417 g/mol. The molecule has 1 amide bonds. The second-order valence-electron chi connectivity index (χ2n) is 7.23. The maximum atomic E-state index is 12.6. The number of rotatable bonds is 6. The predicted octanol–water partition coefficient (Wildman–Crippen LogP) is 5.79. The standard InChI is InChI=1S/C25H27N3OS/c1-19-14-15-23(20(2)16-19)27-24(29)18-30-25(26-22-12-8-5-9-13-22)28(3)17-21-10-6-4-7-11-21/h4-16H,17-18H2,1-3H3,(H,27,29). The van der Waals surface area contributed by atoms with Gasteiger partial charge >= 0.3 is 0 Å². The summed E-state index contributed by atoms with van der Waals surface area (Å²) in [5, 5.41) is 3.82. The molecule has 5 heteroatoms. The van der Waals surface area contributed by atoms with E-state index in [0.29, 0.717) is 0 Å². The predicted molar refractivity (Wildman–Crippen MR) is 128 cm³/mol. The minimum Gasteiger partial charge on any atom is -0.350 e. The topological polar surface area (TPSA) is 44.7 Å². The Hall–Kier alpha value is -3.05. The maximum Gasteiger partial charge on any atom is 0.234 e. The number of thioether (sulfide) groups is 1. The fourth-order valence-electron chi connectivity index (χ4n) is 3.04. The zero-order chi connectivity index (χ0) is 21.3. The van der Waals surface area contributed by atoms with Crippen LogP contribution in [0.2, 0.25) is 0 Å². The zero-order valence-corrected chi connectivity index (χ0v) is 18.4. The molecule has 0 fully saturated rings. The fourth-order valence-corrected chi connectivity index (χ4v) is 3.82. The van der Waals surface area contributed by atoms with Gasteiger partial charge in [-0.25, -0.2) is 4.99 Å². The Labute approximate surface area is 183 Å². The van der Waals surface area contributed by atoms with Gasteiger partial charge in [0.1, 0.15) is 0 Å². The molecular weight excluding hydrogens is 390 g/mol. The van der Waals surface area contributed by atoms with E-state index in [0.717, 1.165) is 28.7 Å². The Morgan fingerprint density at radius 1 is 0.967 bits per heavy atom. The second-order valence-corrected chi connectivity index (χ2v) is 8.17. The normalized spacial score (nSPS) is 11.2. The van der Waals surface area contributed by atoms with Gasteiger partial charge in [-0.1, -0.05) is 78.0 Å². The molecule has 0 unspecified atom stereocenters. The molecule has 0 radical (unpaired) electrons. The lowest BCUT2D eigenvalue weighted by Crippen LogP contribution is -2.26. The van der Waals surface area contributed by atoms with E-state index in [1.807, 2.05) is 81.6 Å². The third-order valence-electron chi connectivity index (χ3n) is 4.56. The SMILES string of the molecule is Cc1ccc(NC(=O)CSC(=Nc2ccccc2)N(C)Cc2ccccc2)c(C)c1. The largest absolute Gasteiger partial charge is 0.350 e. The van der Waals surface area contributed by atoms with Crippen molar-refractivity contribution in [1.82, 2.24) is 4.90 Å². The van der Waals surface area contributed by atoms with Crippen molar-refractivity contribution in [3.8, 4) is 0 Å². The van der Waals surface area contributed by atoms with Gasteiger partial charge in [0.2, 0.25) is 5.91 Å². The number of carbonyl (C=O) groups is 1.